The van der Waals surface area contributed by atoms with Gasteiger partial charge in [0.25, 0.3) is 0 Å². The van der Waals surface area contributed by atoms with Crippen LogP contribution in [0.15, 0.2) is 0 Å². The summed E-state index contributed by atoms with van der Waals surface area (Å²) in [5.74, 6) is -0.674. The summed E-state index contributed by atoms with van der Waals surface area (Å²) in [6.07, 6.45) is -1.02. The molecular weight excluding hydrogens is 290 g/mol. The first kappa shape index (κ1) is 16.0. The van der Waals surface area contributed by atoms with Crippen LogP contribution in [0, 0.1) is 0 Å². The first-order valence-corrected chi connectivity index (χ1v) is 7.68. The van der Waals surface area contributed by atoms with Crippen molar-refractivity contribution in [2.45, 2.75) is 69.9 Å². The van der Waals surface area contributed by atoms with Gasteiger partial charge in [0.2, 0.25) is 0 Å². The van der Waals surface area contributed by atoms with Crippen LogP contribution in [0.1, 0.15) is 34.6 Å². The highest BCUT2D eigenvalue weighted by Crippen LogP contribution is 2.44. The van der Waals surface area contributed by atoms with E-state index in [4.69, 9.17) is 23.7 Å². The Labute approximate surface area is 130 Å². The zero-order chi connectivity index (χ0) is 16.2. The van der Waals surface area contributed by atoms with Gasteiger partial charge in [-0.3, -0.25) is 0 Å². The Morgan fingerprint density at radius 2 is 2.05 bits per heavy atom. The number of alkyl carbamates (subject to hydrolysis) is 1. The van der Waals surface area contributed by atoms with Gasteiger partial charge in [0.1, 0.15) is 29.5 Å². The minimum atomic E-state index is -0.732. The molecule has 0 aromatic heterocycles. The van der Waals surface area contributed by atoms with Crippen molar-refractivity contribution >= 4 is 6.09 Å². The van der Waals surface area contributed by atoms with E-state index in [9.17, 15) is 4.79 Å². The molecule has 1 N–H and O–H groups in total. The maximum Gasteiger partial charge on any atom is 0.407 e. The minimum Gasteiger partial charge on any atom is -0.444 e. The van der Waals surface area contributed by atoms with E-state index in [1.165, 1.54) is 0 Å². The van der Waals surface area contributed by atoms with Crippen LogP contribution in [0.25, 0.3) is 0 Å². The molecule has 7 nitrogen and oxygen atoms in total. The maximum atomic E-state index is 11.9. The Hall–Kier alpha value is -0.890. The minimum absolute atomic E-state index is 0.116. The number of nitrogens with one attached hydrogen (secondary N) is 1. The topological polar surface area (TPSA) is 75.3 Å². The Morgan fingerprint density at radius 3 is 2.64 bits per heavy atom. The van der Waals surface area contributed by atoms with Crippen molar-refractivity contribution in [1.82, 2.24) is 5.32 Å². The standard InChI is InChI=1S/C15H25NO6/c1-13(2,3)22-12(17)16-7-15-8-18-9(6-19-15)10-11(15)21-14(4,5)20-10/h9-11H,6-8H2,1-5H3,(H,16,17). The van der Waals surface area contributed by atoms with E-state index in [-0.39, 0.29) is 24.9 Å². The number of rotatable bonds is 2. The zero-order valence-corrected chi connectivity index (χ0v) is 13.8. The third-order valence-corrected chi connectivity index (χ3v) is 4.02. The molecule has 0 aliphatic carbocycles. The smallest absolute Gasteiger partial charge is 0.407 e. The molecule has 22 heavy (non-hydrogen) atoms. The molecule has 0 radical (unpaired) electrons. The summed E-state index contributed by atoms with van der Waals surface area (Å²) in [7, 11) is 0. The lowest BCUT2D eigenvalue weighted by Crippen LogP contribution is -2.71. The fraction of sp³-hybridized carbons (Fsp3) is 0.933. The Kier molecular flexibility index (Phi) is 3.67. The molecule has 4 rings (SSSR count). The molecule has 1 amide bonds. The molecule has 7 heteroatoms. The average Bonchev–Trinajstić information content (AvgIpc) is 2.73. The average molecular weight is 315 g/mol. The van der Waals surface area contributed by atoms with Crippen molar-refractivity contribution in [3.05, 3.63) is 0 Å². The summed E-state index contributed by atoms with van der Waals surface area (Å²) < 4.78 is 28.9. The van der Waals surface area contributed by atoms with Crippen LogP contribution in [0.2, 0.25) is 0 Å². The summed E-state index contributed by atoms with van der Waals surface area (Å²) in [5, 5.41) is 2.76. The second kappa shape index (κ2) is 5.06. The van der Waals surface area contributed by atoms with E-state index in [1.807, 2.05) is 34.6 Å². The second-order valence-electron chi connectivity index (χ2n) is 7.60. The largest absolute Gasteiger partial charge is 0.444 e. The SMILES string of the molecule is CC(C)(C)OC(=O)NCC12COC(CO1)C1OC(C)(C)OC12. The summed E-state index contributed by atoms with van der Waals surface area (Å²) in [6.45, 7) is 10.3. The van der Waals surface area contributed by atoms with Gasteiger partial charge >= 0.3 is 6.09 Å². The van der Waals surface area contributed by atoms with Gasteiger partial charge in [-0.25, -0.2) is 4.79 Å². The monoisotopic (exact) mass is 315 g/mol. The highest BCUT2D eigenvalue weighted by molar-refractivity contribution is 5.67. The number of hydrogen-bond donors (Lipinski definition) is 1. The zero-order valence-electron chi connectivity index (χ0n) is 13.8. The lowest BCUT2D eigenvalue weighted by molar-refractivity contribution is -0.285. The Balaban J connectivity index is 1.68. The van der Waals surface area contributed by atoms with Gasteiger partial charge in [-0.05, 0) is 34.6 Å². The van der Waals surface area contributed by atoms with E-state index in [0.717, 1.165) is 0 Å². The van der Waals surface area contributed by atoms with Gasteiger partial charge in [-0.1, -0.05) is 0 Å². The summed E-state index contributed by atoms with van der Waals surface area (Å²) in [6, 6.07) is 0. The van der Waals surface area contributed by atoms with Crippen molar-refractivity contribution in [2.24, 2.45) is 0 Å². The number of amides is 1. The molecule has 126 valence electrons. The van der Waals surface area contributed by atoms with Crippen LogP contribution in [-0.4, -0.2) is 61.2 Å². The number of fused-ring (bicyclic) bond motifs is 2. The van der Waals surface area contributed by atoms with E-state index in [2.05, 4.69) is 5.32 Å². The number of hydrogen-bond acceptors (Lipinski definition) is 6. The fourth-order valence-electron chi connectivity index (χ4n) is 3.15. The van der Waals surface area contributed by atoms with Crippen molar-refractivity contribution in [1.29, 1.82) is 0 Å². The first-order valence-electron chi connectivity index (χ1n) is 7.68. The van der Waals surface area contributed by atoms with Crippen LogP contribution in [-0.2, 0) is 23.7 Å². The molecule has 4 saturated heterocycles. The van der Waals surface area contributed by atoms with Gasteiger partial charge in [0.05, 0.1) is 19.8 Å². The van der Waals surface area contributed by atoms with E-state index >= 15 is 0 Å². The van der Waals surface area contributed by atoms with Crippen LogP contribution >= 0.6 is 0 Å². The van der Waals surface area contributed by atoms with Gasteiger partial charge in [0.15, 0.2) is 5.79 Å². The molecule has 2 bridgehead atoms. The van der Waals surface area contributed by atoms with E-state index in [0.29, 0.717) is 13.2 Å². The molecule has 0 aromatic carbocycles. The Bertz CT molecular complexity index is 449. The maximum absolute atomic E-state index is 11.9. The highest BCUT2D eigenvalue weighted by Gasteiger charge is 2.63. The van der Waals surface area contributed by atoms with Crippen LogP contribution in [0.3, 0.4) is 0 Å². The predicted octanol–water partition coefficient (Wildman–Crippen LogP) is 1.20. The van der Waals surface area contributed by atoms with Crippen LogP contribution in [0.5, 0.6) is 0 Å². The molecular formula is C15H25NO6. The molecule has 4 atom stereocenters. The number of ether oxygens (including phenoxy) is 5. The van der Waals surface area contributed by atoms with Gasteiger partial charge in [0, 0.05) is 0 Å². The molecule has 0 spiro atoms. The summed E-state index contributed by atoms with van der Waals surface area (Å²) in [4.78, 5) is 11.9. The normalized spacial score (nSPS) is 39.4. The van der Waals surface area contributed by atoms with Crippen molar-refractivity contribution < 1.29 is 28.5 Å². The van der Waals surface area contributed by atoms with Gasteiger partial charge in [-0.2, -0.15) is 0 Å². The number of carbonyl (C=O) groups is 1. The Morgan fingerprint density at radius 1 is 1.32 bits per heavy atom. The number of carbonyl (C=O) groups excluding carboxylic acids is 1. The van der Waals surface area contributed by atoms with Gasteiger partial charge < -0.3 is 29.0 Å². The second-order valence-corrected chi connectivity index (χ2v) is 7.60. The van der Waals surface area contributed by atoms with Crippen molar-refractivity contribution in [3.8, 4) is 0 Å². The summed E-state index contributed by atoms with van der Waals surface area (Å²) >= 11 is 0. The van der Waals surface area contributed by atoms with Crippen LogP contribution in [0.4, 0.5) is 4.79 Å². The molecule has 4 unspecified atom stereocenters. The lowest BCUT2D eigenvalue weighted by Gasteiger charge is -2.51. The third kappa shape index (κ3) is 2.95. The summed E-state index contributed by atoms with van der Waals surface area (Å²) in [5.41, 5.74) is -1.27. The van der Waals surface area contributed by atoms with Crippen molar-refractivity contribution in [2.75, 3.05) is 19.8 Å². The molecule has 0 aromatic rings. The fourth-order valence-corrected chi connectivity index (χ4v) is 3.15. The molecule has 4 fully saturated rings. The quantitative estimate of drug-likeness (QED) is 0.825. The van der Waals surface area contributed by atoms with Crippen LogP contribution < -0.4 is 5.32 Å². The molecule has 4 aliphatic rings. The van der Waals surface area contributed by atoms with Crippen molar-refractivity contribution in [3.63, 3.8) is 0 Å². The predicted molar refractivity (Wildman–Crippen MR) is 76.5 cm³/mol. The first-order chi connectivity index (χ1) is 10.1. The van der Waals surface area contributed by atoms with Gasteiger partial charge in [-0.15, -0.1) is 0 Å². The molecule has 4 heterocycles. The lowest BCUT2D eigenvalue weighted by atomic mass is 9.85. The van der Waals surface area contributed by atoms with E-state index < -0.39 is 23.1 Å². The third-order valence-electron chi connectivity index (χ3n) is 4.02. The molecule has 0 saturated carbocycles. The molecule has 4 aliphatic heterocycles. The van der Waals surface area contributed by atoms with E-state index in [1.54, 1.807) is 0 Å². The highest BCUT2D eigenvalue weighted by atomic mass is 16.8.